The number of aromatic carboxylic acids is 3. The minimum atomic E-state index is -1.02. The fraction of sp³-hybridized carbons (Fsp3) is 0. The van der Waals surface area contributed by atoms with Crippen molar-refractivity contribution in [2.24, 2.45) is 0 Å². The van der Waals surface area contributed by atoms with Gasteiger partial charge >= 0.3 is 17.9 Å². The minimum Gasteiger partial charge on any atom is -0.478 e. The van der Waals surface area contributed by atoms with E-state index in [0.29, 0.717) is 22.4 Å². The summed E-state index contributed by atoms with van der Waals surface area (Å²) in [6.07, 6.45) is 0. The number of H-pyrrole nitrogens is 1. The summed E-state index contributed by atoms with van der Waals surface area (Å²) in [5.41, 5.74) is 5.67. The Balaban J connectivity index is 1.69. The number of rotatable bonds is 6. The molecule has 1 heterocycles. The maximum Gasteiger partial charge on any atom is 0.335 e. The Bertz CT molecular complexity index is 1540. The van der Waals surface area contributed by atoms with Crippen LogP contribution < -0.4 is 0 Å². The smallest absolute Gasteiger partial charge is 0.335 e. The summed E-state index contributed by atoms with van der Waals surface area (Å²) in [5, 5.41) is 27.7. The normalized spacial score (nSPS) is 10.9. The van der Waals surface area contributed by atoms with Gasteiger partial charge in [0.1, 0.15) is 5.82 Å². The standard InChI is InChI=1S/C28H18N2O6/c31-26(32)18-7-1-15(2-8-18)21-13-14-22(16-3-9-19(10-4-16)27(33)34)24-23(21)29-25(30-24)17-5-11-20(12-6-17)28(35)36/h1-14H,(H,29,30)(H,31,32)(H,33,34)(H,35,36). The Hall–Kier alpha value is -5.24. The number of carboxylic acid groups (broad SMARTS) is 3. The van der Waals surface area contributed by atoms with E-state index in [0.717, 1.165) is 22.3 Å². The van der Waals surface area contributed by atoms with Crippen molar-refractivity contribution < 1.29 is 29.7 Å². The molecule has 0 aliphatic carbocycles. The second kappa shape index (κ2) is 8.84. The van der Waals surface area contributed by atoms with Gasteiger partial charge in [-0.2, -0.15) is 0 Å². The first-order valence-electron chi connectivity index (χ1n) is 10.9. The highest BCUT2D eigenvalue weighted by Gasteiger charge is 2.16. The number of nitrogens with zero attached hydrogens (tertiary/aromatic N) is 1. The van der Waals surface area contributed by atoms with Crippen LogP contribution in [0.5, 0.6) is 0 Å². The van der Waals surface area contributed by atoms with E-state index in [2.05, 4.69) is 4.98 Å². The van der Waals surface area contributed by atoms with Crippen LogP contribution >= 0.6 is 0 Å². The number of hydrogen-bond donors (Lipinski definition) is 4. The molecule has 8 heteroatoms. The zero-order valence-electron chi connectivity index (χ0n) is 18.6. The Labute approximate surface area is 204 Å². The van der Waals surface area contributed by atoms with E-state index in [4.69, 9.17) is 4.98 Å². The highest BCUT2D eigenvalue weighted by atomic mass is 16.4. The zero-order valence-corrected chi connectivity index (χ0v) is 18.6. The number of aromatic amines is 1. The molecule has 0 bridgehead atoms. The van der Waals surface area contributed by atoms with Crippen molar-refractivity contribution in [1.29, 1.82) is 0 Å². The quantitative estimate of drug-likeness (QED) is 0.247. The number of hydrogen-bond acceptors (Lipinski definition) is 4. The summed E-state index contributed by atoms with van der Waals surface area (Å²) in [4.78, 5) is 41.9. The third kappa shape index (κ3) is 4.07. The number of carbonyl (C=O) groups is 3. The molecule has 4 N–H and O–H groups in total. The summed E-state index contributed by atoms with van der Waals surface area (Å²) in [7, 11) is 0. The largest absolute Gasteiger partial charge is 0.478 e. The topological polar surface area (TPSA) is 141 Å². The predicted molar refractivity (Wildman–Crippen MR) is 133 cm³/mol. The average molecular weight is 478 g/mol. The summed E-state index contributed by atoms with van der Waals surface area (Å²) < 4.78 is 0. The molecule has 5 rings (SSSR count). The van der Waals surface area contributed by atoms with E-state index in [1.165, 1.54) is 36.4 Å². The van der Waals surface area contributed by atoms with Gasteiger partial charge in [-0.1, -0.05) is 48.5 Å². The van der Waals surface area contributed by atoms with Gasteiger partial charge in [0.2, 0.25) is 0 Å². The number of carboxylic acids is 3. The fourth-order valence-corrected chi connectivity index (χ4v) is 4.06. The molecule has 1 aromatic heterocycles. The summed E-state index contributed by atoms with van der Waals surface area (Å²) in [6.45, 7) is 0. The highest BCUT2D eigenvalue weighted by Crippen LogP contribution is 2.36. The van der Waals surface area contributed by atoms with E-state index in [-0.39, 0.29) is 16.7 Å². The lowest BCUT2D eigenvalue weighted by atomic mass is 9.97. The van der Waals surface area contributed by atoms with Gasteiger partial charge in [-0.05, 0) is 47.5 Å². The number of aromatic nitrogens is 2. The summed E-state index contributed by atoms with van der Waals surface area (Å²) >= 11 is 0. The van der Waals surface area contributed by atoms with Gasteiger partial charge in [0.05, 0.1) is 27.7 Å². The predicted octanol–water partition coefficient (Wildman–Crippen LogP) is 5.66. The molecule has 36 heavy (non-hydrogen) atoms. The fourth-order valence-electron chi connectivity index (χ4n) is 4.06. The molecule has 5 aromatic rings. The van der Waals surface area contributed by atoms with Crippen LogP contribution in [-0.4, -0.2) is 43.2 Å². The van der Waals surface area contributed by atoms with Crippen LogP contribution in [0.25, 0.3) is 44.7 Å². The third-order valence-corrected chi connectivity index (χ3v) is 5.94. The van der Waals surface area contributed by atoms with Gasteiger partial charge in [-0.25, -0.2) is 19.4 Å². The van der Waals surface area contributed by atoms with Crippen LogP contribution in [0, 0.1) is 0 Å². The first-order valence-corrected chi connectivity index (χ1v) is 10.9. The Morgan fingerprint density at radius 1 is 0.528 bits per heavy atom. The van der Waals surface area contributed by atoms with Crippen molar-refractivity contribution >= 4 is 28.9 Å². The molecule has 0 spiro atoms. The van der Waals surface area contributed by atoms with Gasteiger partial charge in [0.25, 0.3) is 0 Å². The van der Waals surface area contributed by atoms with Crippen LogP contribution in [0.2, 0.25) is 0 Å². The van der Waals surface area contributed by atoms with E-state index in [1.807, 2.05) is 12.1 Å². The highest BCUT2D eigenvalue weighted by molar-refractivity contribution is 6.03. The molecule has 0 atom stereocenters. The molecule has 0 saturated carbocycles. The maximum absolute atomic E-state index is 11.3. The van der Waals surface area contributed by atoms with Gasteiger partial charge in [0, 0.05) is 16.7 Å². The molecule has 176 valence electrons. The minimum absolute atomic E-state index is 0.160. The van der Waals surface area contributed by atoms with E-state index in [1.54, 1.807) is 36.4 Å². The van der Waals surface area contributed by atoms with Crippen molar-refractivity contribution in [1.82, 2.24) is 9.97 Å². The average Bonchev–Trinajstić information content (AvgIpc) is 3.34. The van der Waals surface area contributed by atoms with Crippen LogP contribution in [0.3, 0.4) is 0 Å². The Morgan fingerprint density at radius 3 is 1.36 bits per heavy atom. The molecule has 0 amide bonds. The molecule has 0 unspecified atom stereocenters. The third-order valence-electron chi connectivity index (χ3n) is 5.94. The zero-order chi connectivity index (χ0) is 25.4. The van der Waals surface area contributed by atoms with Crippen LogP contribution in [0.4, 0.5) is 0 Å². The maximum atomic E-state index is 11.3. The van der Waals surface area contributed by atoms with Crippen molar-refractivity contribution in [2.75, 3.05) is 0 Å². The van der Waals surface area contributed by atoms with E-state index >= 15 is 0 Å². The number of fused-ring (bicyclic) bond motifs is 1. The summed E-state index contributed by atoms with van der Waals surface area (Å²) in [6, 6.07) is 23.1. The van der Waals surface area contributed by atoms with Gasteiger partial charge in [-0.15, -0.1) is 0 Å². The molecule has 0 fully saturated rings. The van der Waals surface area contributed by atoms with Crippen LogP contribution in [0.1, 0.15) is 31.1 Å². The molecule has 8 nitrogen and oxygen atoms in total. The van der Waals surface area contributed by atoms with Gasteiger partial charge in [-0.3, -0.25) is 0 Å². The van der Waals surface area contributed by atoms with Crippen molar-refractivity contribution in [3.05, 3.63) is 102 Å². The number of imidazole rings is 1. The van der Waals surface area contributed by atoms with E-state index < -0.39 is 17.9 Å². The van der Waals surface area contributed by atoms with Crippen LogP contribution in [0.15, 0.2) is 84.9 Å². The molecular formula is C28H18N2O6. The van der Waals surface area contributed by atoms with Crippen molar-refractivity contribution in [3.8, 4) is 33.6 Å². The van der Waals surface area contributed by atoms with Crippen molar-refractivity contribution in [3.63, 3.8) is 0 Å². The molecule has 0 aliphatic rings. The first kappa shape index (κ1) is 22.5. The van der Waals surface area contributed by atoms with E-state index in [9.17, 15) is 29.7 Å². The number of benzene rings is 4. The first-order chi connectivity index (χ1) is 17.3. The molecule has 0 radical (unpaired) electrons. The van der Waals surface area contributed by atoms with Crippen molar-refractivity contribution in [2.45, 2.75) is 0 Å². The summed E-state index contributed by atoms with van der Waals surface area (Å²) in [5.74, 6) is -2.52. The van der Waals surface area contributed by atoms with Gasteiger partial charge in [0.15, 0.2) is 0 Å². The Kier molecular flexibility index (Phi) is 5.54. The molecule has 0 aliphatic heterocycles. The molecular weight excluding hydrogens is 460 g/mol. The lowest BCUT2D eigenvalue weighted by molar-refractivity contribution is 0.0686. The number of nitrogens with one attached hydrogen (secondary N) is 1. The molecule has 0 saturated heterocycles. The Morgan fingerprint density at radius 2 is 0.917 bits per heavy atom. The monoisotopic (exact) mass is 478 g/mol. The SMILES string of the molecule is O=C(O)c1ccc(-c2nc3c(-c4ccc(C(=O)O)cc4)ccc(-c4ccc(C(=O)O)cc4)c3[nH]2)cc1. The second-order valence-corrected chi connectivity index (χ2v) is 8.12. The lowest BCUT2D eigenvalue weighted by Gasteiger charge is -2.08. The molecule has 4 aromatic carbocycles. The lowest BCUT2D eigenvalue weighted by Crippen LogP contribution is -1.95. The van der Waals surface area contributed by atoms with Crippen LogP contribution in [-0.2, 0) is 0 Å². The second-order valence-electron chi connectivity index (χ2n) is 8.12. The van der Waals surface area contributed by atoms with Gasteiger partial charge < -0.3 is 20.3 Å².